The average Bonchev–Trinajstić information content (AvgIpc) is 2.73. The zero-order valence-corrected chi connectivity index (χ0v) is 10.1. The fourth-order valence-electron chi connectivity index (χ4n) is 3.94. The van der Waals surface area contributed by atoms with Gasteiger partial charge in [-0.25, -0.2) is 0 Å². The molecule has 88 valence electrons. The van der Waals surface area contributed by atoms with Gasteiger partial charge in [-0.15, -0.1) is 0 Å². The first kappa shape index (κ1) is 11.4. The third-order valence-corrected chi connectivity index (χ3v) is 4.97. The van der Waals surface area contributed by atoms with E-state index in [0.717, 1.165) is 31.6 Å². The minimum atomic E-state index is -0.452. The van der Waals surface area contributed by atoms with Crippen molar-refractivity contribution < 1.29 is 5.11 Å². The van der Waals surface area contributed by atoms with Gasteiger partial charge >= 0.3 is 0 Å². The normalized spacial score (nSPS) is 51.2. The second kappa shape index (κ2) is 3.74. The SMILES string of the molecule is CC1CCC(O)(C2(CN)CCC(C)C2)C1. The zero-order chi connectivity index (χ0) is 11.1. The Morgan fingerprint density at radius 1 is 1.13 bits per heavy atom. The highest BCUT2D eigenvalue weighted by Crippen LogP contribution is 2.55. The first-order chi connectivity index (χ1) is 7.01. The van der Waals surface area contributed by atoms with Crippen LogP contribution in [0, 0.1) is 17.3 Å². The van der Waals surface area contributed by atoms with E-state index in [1.165, 1.54) is 12.8 Å². The van der Waals surface area contributed by atoms with Gasteiger partial charge in [-0.2, -0.15) is 0 Å². The van der Waals surface area contributed by atoms with Crippen molar-refractivity contribution in [3.05, 3.63) is 0 Å². The van der Waals surface area contributed by atoms with E-state index in [4.69, 9.17) is 5.73 Å². The Balaban J connectivity index is 2.19. The molecule has 2 rings (SSSR count). The molecule has 2 aliphatic rings. The van der Waals surface area contributed by atoms with Crippen LogP contribution in [0.5, 0.6) is 0 Å². The number of hydrogen-bond acceptors (Lipinski definition) is 2. The number of rotatable bonds is 2. The van der Waals surface area contributed by atoms with Gasteiger partial charge in [-0.05, 0) is 43.9 Å². The molecular formula is C13H25NO. The predicted molar refractivity (Wildman–Crippen MR) is 62.5 cm³/mol. The molecule has 4 unspecified atom stereocenters. The van der Waals surface area contributed by atoms with Crippen molar-refractivity contribution in [1.29, 1.82) is 0 Å². The number of hydrogen-bond donors (Lipinski definition) is 2. The molecule has 0 bridgehead atoms. The molecule has 15 heavy (non-hydrogen) atoms. The summed E-state index contributed by atoms with van der Waals surface area (Å²) in [6.07, 6.45) is 6.62. The fraction of sp³-hybridized carbons (Fsp3) is 1.00. The van der Waals surface area contributed by atoms with Crippen LogP contribution in [0.2, 0.25) is 0 Å². The molecule has 0 aromatic carbocycles. The van der Waals surface area contributed by atoms with E-state index in [2.05, 4.69) is 13.8 Å². The van der Waals surface area contributed by atoms with Gasteiger partial charge < -0.3 is 10.8 Å². The Kier molecular flexibility index (Phi) is 2.85. The summed E-state index contributed by atoms with van der Waals surface area (Å²) in [5, 5.41) is 10.8. The lowest BCUT2D eigenvalue weighted by molar-refractivity contribution is -0.0766. The molecule has 2 fully saturated rings. The van der Waals surface area contributed by atoms with Crippen LogP contribution in [0.25, 0.3) is 0 Å². The lowest BCUT2D eigenvalue weighted by Gasteiger charge is -2.42. The number of aliphatic hydroxyl groups is 1. The van der Waals surface area contributed by atoms with E-state index in [1.807, 2.05) is 0 Å². The summed E-state index contributed by atoms with van der Waals surface area (Å²) >= 11 is 0. The molecule has 0 radical (unpaired) electrons. The van der Waals surface area contributed by atoms with Crippen LogP contribution in [0.3, 0.4) is 0 Å². The Hall–Kier alpha value is -0.0800. The summed E-state index contributed by atoms with van der Waals surface area (Å²) in [5.74, 6) is 1.42. The summed E-state index contributed by atoms with van der Waals surface area (Å²) in [5.41, 5.74) is 5.57. The van der Waals surface area contributed by atoms with Crippen LogP contribution in [-0.2, 0) is 0 Å². The Labute approximate surface area is 93.2 Å². The van der Waals surface area contributed by atoms with Crippen molar-refractivity contribution in [2.24, 2.45) is 23.0 Å². The minimum Gasteiger partial charge on any atom is -0.389 e. The molecular weight excluding hydrogens is 186 g/mol. The molecule has 0 aromatic rings. The smallest absolute Gasteiger partial charge is 0.0718 e. The van der Waals surface area contributed by atoms with Gasteiger partial charge in [0.2, 0.25) is 0 Å². The topological polar surface area (TPSA) is 46.2 Å². The molecule has 0 heterocycles. The summed E-state index contributed by atoms with van der Waals surface area (Å²) in [6, 6.07) is 0. The van der Waals surface area contributed by atoms with Crippen molar-refractivity contribution in [2.45, 2.75) is 58.0 Å². The van der Waals surface area contributed by atoms with Crippen molar-refractivity contribution in [1.82, 2.24) is 0 Å². The summed E-state index contributed by atoms with van der Waals surface area (Å²) < 4.78 is 0. The average molecular weight is 211 g/mol. The maximum Gasteiger partial charge on any atom is 0.0718 e. The molecule has 2 saturated carbocycles. The number of nitrogens with two attached hydrogens (primary N) is 1. The van der Waals surface area contributed by atoms with E-state index < -0.39 is 5.60 Å². The molecule has 2 aliphatic carbocycles. The summed E-state index contributed by atoms with van der Waals surface area (Å²) in [6.45, 7) is 5.21. The third kappa shape index (κ3) is 1.72. The standard InChI is InChI=1S/C13H25NO/c1-10-3-5-12(7-10,9-14)13(15)6-4-11(2)8-13/h10-11,15H,3-9,14H2,1-2H3. The van der Waals surface area contributed by atoms with Gasteiger partial charge in [0.15, 0.2) is 0 Å². The molecule has 2 heteroatoms. The van der Waals surface area contributed by atoms with Gasteiger partial charge in [-0.3, -0.25) is 0 Å². The first-order valence-corrected chi connectivity index (χ1v) is 6.44. The van der Waals surface area contributed by atoms with E-state index in [1.54, 1.807) is 0 Å². The molecule has 0 amide bonds. The highest BCUT2D eigenvalue weighted by atomic mass is 16.3. The van der Waals surface area contributed by atoms with Gasteiger partial charge in [0, 0.05) is 12.0 Å². The van der Waals surface area contributed by atoms with Gasteiger partial charge in [-0.1, -0.05) is 20.3 Å². The second-order valence-electron chi connectivity index (χ2n) is 6.21. The highest BCUT2D eigenvalue weighted by Gasteiger charge is 2.54. The first-order valence-electron chi connectivity index (χ1n) is 6.44. The third-order valence-electron chi connectivity index (χ3n) is 4.97. The molecule has 2 nitrogen and oxygen atoms in total. The Morgan fingerprint density at radius 2 is 1.73 bits per heavy atom. The maximum absolute atomic E-state index is 10.8. The molecule has 0 aliphatic heterocycles. The quantitative estimate of drug-likeness (QED) is 0.736. The van der Waals surface area contributed by atoms with Crippen molar-refractivity contribution in [3.63, 3.8) is 0 Å². The van der Waals surface area contributed by atoms with Gasteiger partial charge in [0.25, 0.3) is 0 Å². The summed E-state index contributed by atoms with van der Waals surface area (Å²) in [7, 11) is 0. The van der Waals surface area contributed by atoms with Crippen LogP contribution >= 0.6 is 0 Å². The summed E-state index contributed by atoms with van der Waals surface area (Å²) in [4.78, 5) is 0. The van der Waals surface area contributed by atoms with E-state index >= 15 is 0 Å². The molecule has 0 saturated heterocycles. The molecule has 0 spiro atoms. The van der Waals surface area contributed by atoms with Crippen LogP contribution < -0.4 is 5.73 Å². The van der Waals surface area contributed by atoms with Crippen LogP contribution in [0.4, 0.5) is 0 Å². The largest absolute Gasteiger partial charge is 0.389 e. The monoisotopic (exact) mass is 211 g/mol. The molecule has 3 N–H and O–H groups in total. The van der Waals surface area contributed by atoms with Gasteiger partial charge in [0.05, 0.1) is 5.60 Å². The minimum absolute atomic E-state index is 0.0389. The van der Waals surface area contributed by atoms with Crippen molar-refractivity contribution in [3.8, 4) is 0 Å². The Bertz CT molecular complexity index is 243. The van der Waals surface area contributed by atoms with Gasteiger partial charge in [0.1, 0.15) is 0 Å². The maximum atomic E-state index is 10.8. The van der Waals surface area contributed by atoms with Crippen LogP contribution in [0.15, 0.2) is 0 Å². The zero-order valence-electron chi connectivity index (χ0n) is 10.1. The van der Waals surface area contributed by atoms with E-state index in [0.29, 0.717) is 12.5 Å². The van der Waals surface area contributed by atoms with Crippen LogP contribution in [0.1, 0.15) is 52.4 Å². The second-order valence-corrected chi connectivity index (χ2v) is 6.21. The fourth-order valence-corrected chi connectivity index (χ4v) is 3.94. The Morgan fingerprint density at radius 3 is 2.13 bits per heavy atom. The molecule has 0 aromatic heterocycles. The lowest BCUT2D eigenvalue weighted by atomic mass is 9.68. The van der Waals surface area contributed by atoms with E-state index in [-0.39, 0.29) is 5.41 Å². The van der Waals surface area contributed by atoms with Crippen molar-refractivity contribution >= 4 is 0 Å². The van der Waals surface area contributed by atoms with E-state index in [9.17, 15) is 5.11 Å². The highest BCUT2D eigenvalue weighted by molar-refractivity contribution is 5.06. The van der Waals surface area contributed by atoms with Crippen LogP contribution in [-0.4, -0.2) is 17.3 Å². The molecule has 4 atom stereocenters. The van der Waals surface area contributed by atoms with Crippen molar-refractivity contribution in [2.75, 3.05) is 6.54 Å². The lowest BCUT2D eigenvalue weighted by Crippen LogP contribution is -2.49. The predicted octanol–water partition coefficient (Wildman–Crippen LogP) is 2.30.